The first-order chi connectivity index (χ1) is 14.3. The van der Waals surface area contributed by atoms with E-state index in [1.165, 1.54) is 55.5 Å². The van der Waals surface area contributed by atoms with E-state index in [0.29, 0.717) is 5.69 Å². The molecule has 11 heteroatoms. The topological polar surface area (TPSA) is 136 Å². The van der Waals surface area contributed by atoms with Crippen molar-refractivity contribution in [2.75, 3.05) is 11.6 Å². The second-order valence-corrected chi connectivity index (χ2v) is 10.9. The summed E-state index contributed by atoms with van der Waals surface area (Å²) in [5, 5.41) is 2.54. The molecule has 0 aromatic heterocycles. The van der Waals surface area contributed by atoms with Crippen molar-refractivity contribution in [3.8, 4) is 0 Å². The molecule has 2 aromatic rings. The highest BCUT2D eigenvalue weighted by atomic mass is 32.2. The SMILES string of the molecule is CC(C)NS(=O)(=O)c1ccc(NC(=O)C(C)OC(=O)c2ccc(S(C)(=O)=O)cc2)cc1. The van der Waals surface area contributed by atoms with Gasteiger partial charge in [-0.1, -0.05) is 0 Å². The number of carbonyl (C=O) groups excluding carboxylic acids is 2. The molecule has 2 aromatic carbocycles. The molecule has 0 spiro atoms. The van der Waals surface area contributed by atoms with E-state index < -0.39 is 37.8 Å². The zero-order valence-electron chi connectivity index (χ0n) is 17.4. The van der Waals surface area contributed by atoms with E-state index >= 15 is 0 Å². The van der Waals surface area contributed by atoms with Crippen LogP contribution in [0.3, 0.4) is 0 Å². The van der Waals surface area contributed by atoms with Gasteiger partial charge in [0, 0.05) is 18.0 Å². The fourth-order valence-corrected chi connectivity index (χ4v) is 4.34. The lowest BCUT2D eigenvalue weighted by molar-refractivity contribution is -0.123. The van der Waals surface area contributed by atoms with Crippen molar-refractivity contribution in [1.29, 1.82) is 0 Å². The van der Waals surface area contributed by atoms with Crippen molar-refractivity contribution < 1.29 is 31.2 Å². The number of ether oxygens (including phenoxy) is 1. The molecule has 168 valence electrons. The van der Waals surface area contributed by atoms with Crippen LogP contribution >= 0.6 is 0 Å². The lowest BCUT2D eigenvalue weighted by Crippen LogP contribution is -2.30. The molecular formula is C20H24N2O7S2. The number of hydrogen-bond acceptors (Lipinski definition) is 7. The van der Waals surface area contributed by atoms with Crippen LogP contribution in [0.25, 0.3) is 0 Å². The van der Waals surface area contributed by atoms with Gasteiger partial charge in [0.05, 0.1) is 15.4 Å². The molecule has 0 fully saturated rings. The van der Waals surface area contributed by atoms with Gasteiger partial charge in [0.25, 0.3) is 5.91 Å². The van der Waals surface area contributed by atoms with Gasteiger partial charge < -0.3 is 10.1 Å². The Kier molecular flexibility index (Phi) is 7.58. The number of hydrogen-bond donors (Lipinski definition) is 2. The molecule has 0 radical (unpaired) electrons. The predicted octanol–water partition coefficient (Wildman–Crippen LogP) is 1.96. The number of amides is 1. The lowest BCUT2D eigenvalue weighted by Gasteiger charge is -2.14. The first-order valence-electron chi connectivity index (χ1n) is 9.24. The summed E-state index contributed by atoms with van der Waals surface area (Å²) in [4.78, 5) is 24.6. The zero-order valence-corrected chi connectivity index (χ0v) is 19.1. The fourth-order valence-electron chi connectivity index (χ4n) is 2.46. The van der Waals surface area contributed by atoms with Crippen LogP contribution in [0.15, 0.2) is 58.3 Å². The van der Waals surface area contributed by atoms with Gasteiger partial charge in [-0.2, -0.15) is 0 Å². The molecule has 0 aliphatic heterocycles. The summed E-state index contributed by atoms with van der Waals surface area (Å²) in [6.07, 6.45) is -0.0942. The van der Waals surface area contributed by atoms with Gasteiger partial charge >= 0.3 is 5.97 Å². The van der Waals surface area contributed by atoms with Gasteiger partial charge in [-0.15, -0.1) is 0 Å². The number of rotatable bonds is 8. The molecule has 1 amide bonds. The summed E-state index contributed by atoms with van der Waals surface area (Å²) >= 11 is 0. The molecule has 0 bridgehead atoms. The van der Waals surface area contributed by atoms with Gasteiger partial charge in [-0.3, -0.25) is 4.79 Å². The summed E-state index contributed by atoms with van der Waals surface area (Å²) in [5.41, 5.74) is 0.424. The van der Waals surface area contributed by atoms with Crippen molar-refractivity contribution >= 4 is 37.4 Å². The van der Waals surface area contributed by atoms with Gasteiger partial charge in [0.2, 0.25) is 10.0 Å². The van der Waals surface area contributed by atoms with Crippen LogP contribution in [0.2, 0.25) is 0 Å². The minimum Gasteiger partial charge on any atom is -0.449 e. The van der Waals surface area contributed by atoms with Gasteiger partial charge in [0.1, 0.15) is 0 Å². The molecule has 0 saturated heterocycles. The van der Waals surface area contributed by atoms with E-state index in [-0.39, 0.29) is 21.4 Å². The minimum absolute atomic E-state index is 0.0521. The first kappa shape index (κ1) is 24.5. The molecule has 9 nitrogen and oxygen atoms in total. The second-order valence-electron chi connectivity index (χ2n) is 7.13. The monoisotopic (exact) mass is 468 g/mol. The standard InChI is InChI=1S/C20H24N2O7S2/c1-13(2)22-31(27,28)18-11-7-16(8-12-18)21-19(23)14(3)29-20(24)15-5-9-17(10-6-15)30(4,25)26/h5-14,22H,1-4H3,(H,21,23). The summed E-state index contributed by atoms with van der Waals surface area (Å²) in [7, 11) is -7.04. The van der Waals surface area contributed by atoms with Crippen LogP contribution in [0.4, 0.5) is 5.69 Å². The summed E-state index contributed by atoms with van der Waals surface area (Å²) in [5.74, 6) is -1.40. The highest BCUT2D eigenvalue weighted by Gasteiger charge is 2.20. The smallest absolute Gasteiger partial charge is 0.338 e. The molecule has 0 saturated carbocycles. The van der Waals surface area contributed by atoms with Crippen LogP contribution in [0, 0.1) is 0 Å². The number of benzene rings is 2. The lowest BCUT2D eigenvalue weighted by atomic mass is 10.2. The maximum atomic E-state index is 12.3. The number of nitrogens with one attached hydrogen (secondary N) is 2. The highest BCUT2D eigenvalue weighted by Crippen LogP contribution is 2.16. The molecule has 1 atom stereocenters. The molecule has 1 unspecified atom stereocenters. The minimum atomic E-state index is -3.65. The summed E-state index contributed by atoms with van der Waals surface area (Å²) in [6, 6.07) is 10.4. The predicted molar refractivity (Wildman–Crippen MR) is 115 cm³/mol. The van der Waals surface area contributed by atoms with Crippen LogP contribution in [-0.2, 0) is 29.4 Å². The molecule has 2 rings (SSSR count). The van der Waals surface area contributed by atoms with Crippen LogP contribution in [-0.4, -0.2) is 47.1 Å². The van der Waals surface area contributed by atoms with Crippen molar-refractivity contribution in [2.24, 2.45) is 0 Å². The number of sulfonamides is 1. The van der Waals surface area contributed by atoms with E-state index in [1.807, 2.05) is 0 Å². The van der Waals surface area contributed by atoms with Crippen LogP contribution in [0.5, 0.6) is 0 Å². The van der Waals surface area contributed by atoms with Crippen LogP contribution in [0.1, 0.15) is 31.1 Å². The maximum absolute atomic E-state index is 12.3. The third-order valence-electron chi connectivity index (χ3n) is 3.99. The van der Waals surface area contributed by atoms with Crippen LogP contribution < -0.4 is 10.0 Å². The largest absolute Gasteiger partial charge is 0.449 e. The molecule has 0 aliphatic rings. The van der Waals surface area contributed by atoms with Gasteiger partial charge in [-0.05, 0) is 69.3 Å². The maximum Gasteiger partial charge on any atom is 0.338 e. The molecule has 2 N–H and O–H groups in total. The van der Waals surface area contributed by atoms with E-state index in [0.717, 1.165) is 6.26 Å². The number of carbonyl (C=O) groups is 2. The van der Waals surface area contributed by atoms with Crippen molar-refractivity contribution in [1.82, 2.24) is 4.72 Å². The second kappa shape index (κ2) is 9.58. The summed E-state index contributed by atoms with van der Waals surface area (Å²) < 4.78 is 54.8. The van der Waals surface area contributed by atoms with Gasteiger partial charge in [0.15, 0.2) is 15.9 Å². The Morgan fingerprint density at radius 1 is 0.839 bits per heavy atom. The fraction of sp³-hybridized carbons (Fsp3) is 0.300. The third-order valence-corrected chi connectivity index (χ3v) is 6.80. The van der Waals surface area contributed by atoms with E-state index in [9.17, 15) is 26.4 Å². The zero-order chi connectivity index (χ0) is 23.4. The third kappa shape index (κ3) is 6.88. The Morgan fingerprint density at radius 2 is 1.35 bits per heavy atom. The first-order valence-corrected chi connectivity index (χ1v) is 12.6. The van der Waals surface area contributed by atoms with E-state index in [1.54, 1.807) is 13.8 Å². The normalized spacial score (nSPS) is 12.9. The summed E-state index contributed by atoms with van der Waals surface area (Å²) in [6.45, 7) is 4.78. The molecule has 0 aliphatic carbocycles. The number of sulfone groups is 1. The highest BCUT2D eigenvalue weighted by molar-refractivity contribution is 7.90. The Balaban J connectivity index is 2.00. The van der Waals surface area contributed by atoms with E-state index in [4.69, 9.17) is 4.74 Å². The quantitative estimate of drug-likeness (QED) is 0.565. The average Bonchev–Trinajstić information content (AvgIpc) is 2.66. The molecular weight excluding hydrogens is 444 g/mol. The van der Waals surface area contributed by atoms with Gasteiger partial charge in [-0.25, -0.2) is 26.4 Å². The molecule has 31 heavy (non-hydrogen) atoms. The number of anilines is 1. The van der Waals surface area contributed by atoms with E-state index in [2.05, 4.69) is 10.0 Å². The Bertz CT molecular complexity index is 1160. The van der Waals surface area contributed by atoms with Crippen molar-refractivity contribution in [3.05, 3.63) is 54.1 Å². The molecule has 0 heterocycles. The average molecular weight is 469 g/mol. The van der Waals surface area contributed by atoms with Crippen molar-refractivity contribution in [2.45, 2.75) is 42.7 Å². The van der Waals surface area contributed by atoms with Crippen molar-refractivity contribution in [3.63, 3.8) is 0 Å². The Morgan fingerprint density at radius 3 is 1.84 bits per heavy atom. The Labute approximate surface area is 181 Å². The number of esters is 1. The Hall–Kier alpha value is -2.76.